The molecule has 0 radical (unpaired) electrons. The predicted octanol–water partition coefficient (Wildman–Crippen LogP) is 2.60. The summed E-state index contributed by atoms with van der Waals surface area (Å²) in [5.41, 5.74) is 0. The summed E-state index contributed by atoms with van der Waals surface area (Å²) >= 11 is -2.89. The monoisotopic (exact) mass is 391 g/mol. The Hall–Kier alpha value is -0.0597. The molecular formula is C12H24N3Ta. The van der Waals surface area contributed by atoms with Crippen molar-refractivity contribution < 1.29 is 17.5 Å². The molecule has 3 nitrogen and oxygen atoms in total. The Labute approximate surface area is 104 Å². The Kier molecular flexibility index (Phi) is 4.83. The van der Waals surface area contributed by atoms with Gasteiger partial charge < -0.3 is 0 Å². The second kappa shape index (κ2) is 5.52. The molecule has 0 unspecified atom stereocenters. The molecular weight excluding hydrogens is 367 g/mol. The molecule has 0 fully saturated rings. The third kappa shape index (κ3) is 2.60. The van der Waals surface area contributed by atoms with Gasteiger partial charge in [0, 0.05) is 0 Å². The number of hydrogen-bond acceptors (Lipinski definition) is 1. The van der Waals surface area contributed by atoms with E-state index in [-0.39, 0.29) is 0 Å². The van der Waals surface area contributed by atoms with Gasteiger partial charge in [0.15, 0.2) is 0 Å². The van der Waals surface area contributed by atoms with Crippen LogP contribution >= 0.6 is 0 Å². The number of nitrogens with zero attached hydrogens (tertiary/aromatic N) is 3. The van der Waals surface area contributed by atoms with E-state index in [0.717, 1.165) is 0 Å². The first-order chi connectivity index (χ1) is 7.41. The van der Waals surface area contributed by atoms with Crippen LogP contribution in [0.3, 0.4) is 0 Å². The molecule has 0 saturated carbocycles. The summed E-state index contributed by atoms with van der Waals surface area (Å²) < 4.78 is 10.5. The average molecular weight is 391 g/mol. The Morgan fingerprint density at radius 3 is 1.75 bits per heavy atom. The predicted molar refractivity (Wildman–Crippen MR) is 67.0 cm³/mol. The first kappa shape index (κ1) is 14.0. The maximum atomic E-state index is 5.15. The molecule has 0 N–H and O–H groups in total. The average Bonchev–Trinajstić information content (AvgIpc) is 2.65. The zero-order chi connectivity index (χ0) is 12.3. The van der Waals surface area contributed by atoms with Crippen molar-refractivity contribution in [3.8, 4) is 0 Å². The number of hydrogen-bond donors (Lipinski definition) is 0. The van der Waals surface area contributed by atoms with Crippen molar-refractivity contribution >= 4 is 0 Å². The molecule has 16 heavy (non-hydrogen) atoms. The van der Waals surface area contributed by atoms with E-state index in [1.54, 1.807) is 0 Å². The van der Waals surface area contributed by atoms with Crippen LogP contribution in [0.4, 0.5) is 0 Å². The number of rotatable bonds is 4. The van der Waals surface area contributed by atoms with Crippen LogP contribution in [0.5, 0.6) is 0 Å². The van der Waals surface area contributed by atoms with Gasteiger partial charge in [-0.15, -0.1) is 0 Å². The van der Waals surface area contributed by atoms with Gasteiger partial charge >= 0.3 is 104 Å². The van der Waals surface area contributed by atoms with Gasteiger partial charge in [-0.3, -0.25) is 0 Å². The normalized spacial score (nSPS) is 17.1. The standard InChI is InChI=1S/C5H5.C3H7N.2C2H6N.Ta/c1-2-4-5-3-1;1-3(2)4;2*1-3-2;/h1-5H;3H,1-2H3;2*1-2H3;/q;;2*-1;+2. The van der Waals surface area contributed by atoms with Crippen molar-refractivity contribution in [1.29, 1.82) is 0 Å². The fourth-order valence-corrected chi connectivity index (χ4v) is 15.4. The van der Waals surface area contributed by atoms with Gasteiger partial charge in [0.2, 0.25) is 0 Å². The Bertz CT molecular complexity index is 316. The van der Waals surface area contributed by atoms with Crippen LogP contribution in [-0.2, 0) is 17.5 Å². The second-order valence-corrected chi connectivity index (χ2v) is 17.9. The topological polar surface area (TPSA) is 18.8 Å². The van der Waals surface area contributed by atoms with Gasteiger partial charge in [-0.1, -0.05) is 0 Å². The van der Waals surface area contributed by atoms with E-state index >= 15 is 0 Å². The molecule has 0 aliphatic heterocycles. The number of allylic oxidation sites excluding steroid dienone is 4. The molecule has 92 valence electrons. The molecule has 0 aromatic heterocycles. The van der Waals surface area contributed by atoms with E-state index < -0.39 is 17.5 Å². The minimum absolute atomic E-state index is 0.408. The van der Waals surface area contributed by atoms with E-state index in [4.69, 9.17) is 3.34 Å². The fraction of sp³-hybridized carbons (Fsp3) is 0.667. The summed E-state index contributed by atoms with van der Waals surface area (Å²) in [7, 11) is 8.74. The van der Waals surface area contributed by atoms with Gasteiger partial charge in [-0.2, -0.15) is 0 Å². The SMILES string of the molecule is CC(C)[N]=[Ta]([CH]1C=CC=C1)([N](C)C)[N](C)C. The summed E-state index contributed by atoms with van der Waals surface area (Å²) in [6, 6.07) is 0.408. The van der Waals surface area contributed by atoms with Crippen LogP contribution in [0.2, 0.25) is 4.14 Å². The van der Waals surface area contributed by atoms with Crippen LogP contribution in [0.25, 0.3) is 0 Å². The second-order valence-electron chi connectivity index (χ2n) is 4.78. The quantitative estimate of drug-likeness (QED) is 0.734. The van der Waals surface area contributed by atoms with Crippen LogP contribution in [0.1, 0.15) is 13.8 Å². The van der Waals surface area contributed by atoms with Crippen molar-refractivity contribution in [1.82, 2.24) is 6.61 Å². The van der Waals surface area contributed by atoms with E-state index in [1.165, 1.54) is 0 Å². The summed E-state index contributed by atoms with van der Waals surface area (Å²) in [6.45, 7) is 4.37. The summed E-state index contributed by atoms with van der Waals surface area (Å²) in [5, 5.41) is 0. The fourth-order valence-electron chi connectivity index (χ4n) is 2.17. The van der Waals surface area contributed by atoms with Crippen LogP contribution in [-0.4, -0.2) is 40.8 Å². The molecule has 0 atom stereocenters. The van der Waals surface area contributed by atoms with E-state index in [9.17, 15) is 0 Å². The minimum atomic E-state index is -2.89. The van der Waals surface area contributed by atoms with Gasteiger partial charge in [0.05, 0.1) is 0 Å². The van der Waals surface area contributed by atoms with Gasteiger partial charge in [0.1, 0.15) is 0 Å². The van der Waals surface area contributed by atoms with Crippen molar-refractivity contribution in [2.24, 2.45) is 3.34 Å². The molecule has 0 amide bonds. The third-order valence-corrected chi connectivity index (χ3v) is 18.2. The van der Waals surface area contributed by atoms with Gasteiger partial charge in [-0.05, 0) is 0 Å². The molecule has 1 rings (SSSR count). The Balaban J connectivity index is 3.28. The molecule has 0 aromatic carbocycles. The Morgan fingerprint density at radius 1 is 1.00 bits per heavy atom. The maximum absolute atomic E-state index is 5.15. The molecule has 0 aromatic rings. The van der Waals surface area contributed by atoms with Crippen molar-refractivity contribution in [2.75, 3.05) is 28.2 Å². The molecule has 4 heteroatoms. The van der Waals surface area contributed by atoms with E-state index in [0.29, 0.717) is 10.2 Å². The van der Waals surface area contributed by atoms with Gasteiger partial charge in [0.25, 0.3) is 0 Å². The summed E-state index contributed by atoms with van der Waals surface area (Å²) in [4.78, 5) is 0. The van der Waals surface area contributed by atoms with Crippen molar-refractivity contribution in [2.45, 2.75) is 24.0 Å². The molecule has 1 aliphatic rings. The first-order valence-corrected chi connectivity index (χ1v) is 11.9. The van der Waals surface area contributed by atoms with Crippen molar-refractivity contribution in [3.05, 3.63) is 24.3 Å². The summed E-state index contributed by atoms with van der Waals surface area (Å²) in [5.74, 6) is 0. The van der Waals surface area contributed by atoms with Crippen LogP contribution in [0, 0.1) is 0 Å². The van der Waals surface area contributed by atoms with Crippen LogP contribution in [0.15, 0.2) is 27.6 Å². The first-order valence-electron chi connectivity index (χ1n) is 5.73. The van der Waals surface area contributed by atoms with Gasteiger partial charge in [-0.25, -0.2) is 0 Å². The zero-order valence-corrected chi connectivity index (χ0v) is 14.5. The molecule has 0 saturated heterocycles. The van der Waals surface area contributed by atoms with Crippen LogP contribution < -0.4 is 0 Å². The third-order valence-electron chi connectivity index (χ3n) is 2.71. The Morgan fingerprint density at radius 2 is 1.44 bits per heavy atom. The molecule has 0 spiro atoms. The van der Waals surface area contributed by atoms with E-state index in [1.807, 2.05) is 0 Å². The molecule has 1 aliphatic carbocycles. The van der Waals surface area contributed by atoms with E-state index in [2.05, 4.69) is 72.9 Å². The molecule has 0 bridgehead atoms. The zero-order valence-electron chi connectivity index (χ0n) is 11.3. The van der Waals surface area contributed by atoms with Crippen molar-refractivity contribution in [3.63, 3.8) is 0 Å². The molecule has 0 heterocycles. The summed E-state index contributed by atoms with van der Waals surface area (Å²) in [6.07, 6.45) is 8.93.